The second-order valence-corrected chi connectivity index (χ2v) is 4.00. The Kier molecular flexibility index (Phi) is 3.67. The van der Waals surface area contributed by atoms with Gasteiger partial charge in [-0.25, -0.2) is 8.78 Å². The first-order chi connectivity index (χ1) is 8.63. The number of nitrogens with zero attached hydrogens (tertiary/aromatic N) is 1. The van der Waals surface area contributed by atoms with Crippen molar-refractivity contribution in [2.75, 3.05) is 0 Å². The molecule has 0 aliphatic carbocycles. The first kappa shape index (κ1) is 12.6. The number of halogens is 2. The fourth-order valence-electron chi connectivity index (χ4n) is 1.89. The summed E-state index contributed by atoms with van der Waals surface area (Å²) < 4.78 is 26.4. The van der Waals surface area contributed by atoms with Crippen molar-refractivity contribution in [2.24, 2.45) is 0 Å². The lowest BCUT2D eigenvalue weighted by atomic mass is 9.97. The second-order valence-electron chi connectivity index (χ2n) is 4.00. The van der Waals surface area contributed by atoms with Crippen LogP contribution in [0, 0.1) is 11.6 Å². The highest BCUT2D eigenvalue weighted by Crippen LogP contribution is 2.27. The highest BCUT2D eigenvalue weighted by atomic mass is 19.1. The summed E-state index contributed by atoms with van der Waals surface area (Å²) in [5.74, 6) is -1.41. The van der Waals surface area contributed by atoms with Gasteiger partial charge in [-0.05, 0) is 29.7 Å². The number of rotatable bonds is 3. The van der Waals surface area contributed by atoms with E-state index in [1.165, 1.54) is 6.07 Å². The van der Waals surface area contributed by atoms with Gasteiger partial charge in [0, 0.05) is 24.0 Å². The number of aromatic nitrogens is 1. The maximum absolute atomic E-state index is 13.6. The van der Waals surface area contributed by atoms with Crippen molar-refractivity contribution in [1.82, 2.24) is 4.98 Å². The summed E-state index contributed by atoms with van der Waals surface area (Å²) >= 11 is 0. The lowest BCUT2D eigenvalue weighted by molar-refractivity contribution is 0.213. The molecule has 2 nitrogen and oxygen atoms in total. The second kappa shape index (κ2) is 5.23. The maximum atomic E-state index is 13.6. The predicted octanol–water partition coefficient (Wildman–Crippen LogP) is 3.00. The molecule has 0 aliphatic heterocycles. The number of aliphatic hydroxyl groups is 1. The molecule has 1 unspecified atom stereocenters. The molecule has 1 N–H and O–H groups in total. The summed E-state index contributed by atoms with van der Waals surface area (Å²) in [6, 6.07) is 4.81. The standard InChI is InChI=1S/C14H13F2NO/c1-2-9-8-17-6-5-11(9)14(18)12-4-3-10(15)7-13(12)16/h3-8,14,18H,2H2,1H3. The zero-order valence-corrected chi connectivity index (χ0v) is 9.90. The summed E-state index contributed by atoms with van der Waals surface area (Å²) in [7, 11) is 0. The average molecular weight is 249 g/mol. The van der Waals surface area contributed by atoms with E-state index >= 15 is 0 Å². The van der Waals surface area contributed by atoms with Crippen LogP contribution in [0.3, 0.4) is 0 Å². The Balaban J connectivity index is 2.44. The zero-order valence-electron chi connectivity index (χ0n) is 9.90. The number of aryl methyl sites for hydroxylation is 1. The van der Waals surface area contributed by atoms with Crippen LogP contribution in [-0.2, 0) is 6.42 Å². The fraction of sp³-hybridized carbons (Fsp3) is 0.214. The smallest absolute Gasteiger partial charge is 0.132 e. The normalized spacial score (nSPS) is 12.4. The van der Waals surface area contributed by atoms with Gasteiger partial charge in [0.15, 0.2) is 0 Å². The molecule has 0 fully saturated rings. The molecule has 18 heavy (non-hydrogen) atoms. The van der Waals surface area contributed by atoms with E-state index < -0.39 is 17.7 Å². The van der Waals surface area contributed by atoms with E-state index in [-0.39, 0.29) is 5.56 Å². The summed E-state index contributed by atoms with van der Waals surface area (Å²) in [4.78, 5) is 3.96. The average Bonchev–Trinajstić information content (AvgIpc) is 2.38. The van der Waals surface area contributed by atoms with Gasteiger partial charge in [-0.15, -0.1) is 0 Å². The van der Waals surface area contributed by atoms with Gasteiger partial charge in [0.05, 0.1) is 0 Å². The monoisotopic (exact) mass is 249 g/mol. The van der Waals surface area contributed by atoms with Crippen molar-refractivity contribution < 1.29 is 13.9 Å². The van der Waals surface area contributed by atoms with Crippen molar-refractivity contribution in [3.63, 3.8) is 0 Å². The van der Waals surface area contributed by atoms with Crippen LogP contribution in [0.2, 0.25) is 0 Å². The number of hydrogen-bond acceptors (Lipinski definition) is 2. The number of pyridine rings is 1. The molecule has 0 spiro atoms. The van der Waals surface area contributed by atoms with Gasteiger partial charge in [-0.1, -0.05) is 13.0 Å². The first-order valence-corrected chi connectivity index (χ1v) is 5.69. The Morgan fingerprint density at radius 2 is 2.00 bits per heavy atom. The SMILES string of the molecule is CCc1cnccc1C(O)c1ccc(F)cc1F. The Labute approximate surface area is 104 Å². The molecule has 0 saturated carbocycles. The lowest BCUT2D eigenvalue weighted by Gasteiger charge is -2.15. The summed E-state index contributed by atoms with van der Waals surface area (Å²) in [6.45, 7) is 1.92. The van der Waals surface area contributed by atoms with Crippen LogP contribution in [-0.4, -0.2) is 10.1 Å². The molecule has 2 aromatic rings. The predicted molar refractivity (Wildman–Crippen MR) is 64.0 cm³/mol. The van der Waals surface area contributed by atoms with E-state index in [2.05, 4.69) is 4.98 Å². The molecule has 0 amide bonds. The van der Waals surface area contributed by atoms with E-state index in [4.69, 9.17) is 0 Å². The zero-order chi connectivity index (χ0) is 13.1. The van der Waals surface area contributed by atoms with E-state index in [0.29, 0.717) is 12.0 Å². The first-order valence-electron chi connectivity index (χ1n) is 5.69. The minimum atomic E-state index is -1.11. The van der Waals surface area contributed by atoms with Gasteiger partial charge in [0.2, 0.25) is 0 Å². The van der Waals surface area contributed by atoms with Gasteiger partial charge in [-0.3, -0.25) is 4.98 Å². The molecule has 0 aliphatic rings. The number of hydrogen-bond donors (Lipinski definition) is 1. The van der Waals surface area contributed by atoms with Gasteiger partial charge in [0.1, 0.15) is 17.7 Å². The van der Waals surface area contributed by atoms with Crippen molar-refractivity contribution >= 4 is 0 Å². The maximum Gasteiger partial charge on any atom is 0.132 e. The van der Waals surface area contributed by atoms with Crippen LogP contribution in [0.1, 0.15) is 29.7 Å². The molecule has 94 valence electrons. The minimum Gasteiger partial charge on any atom is -0.384 e. The topological polar surface area (TPSA) is 33.1 Å². The molecule has 1 heterocycles. The van der Waals surface area contributed by atoms with Crippen molar-refractivity contribution in [3.05, 3.63) is 65.0 Å². The van der Waals surface area contributed by atoms with Gasteiger partial charge in [0.25, 0.3) is 0 Å². The molecule has 4 heteroatoms. The van der Waals surface area contributed by atoms with Crippen LogP contribution in [0.4, 0.5) is 8.78 Å². The van der Waals surface area contributed by atoms with Crippen molar-refractivity contribution in [3.8, 4) is 0 Å². The van der Waals surface area contributed by atoms with Gasteiger partial charge < -0.3 is 5.11 Å². The van der Waals surface area contributed by atoms with Crippen molar-refractivity contribution in [2.45, 2.75) is 19.4 Å². The lowest BCUT2D eigenvalue weighted by Crippen LogP contribution is -2.06. The Morgan fingerprint density at radius 3 is 2.67 bits per heavy atom. The molecule has 0 bridgehead atoms. The van der Waals surface area contributed by atoms with Crippen LogP contribution >= 0.6 is 0 Å². The highest BCUT2D eigenvalue weighted by molar-refractivity contribution is 5.34. The molecular weight excluding hydrogens is 236 g/mol. The van der Waals surface area contributed by atoms with Gasteiger partial charge in [-0.2, -0.15) is 0 Å². The minimum absolute atomic E-state index is 0.0669. The Bertz CT molecular complexity index is 557. The largest absolute Gasteiger partial charge is 0.384 e. The number of benzene rings is 1. The molecule has 0 radical (unpaired) electrons. The molecule has 1 aromatic heterocycles. The van der Waals surface area contributed by atoms with Crippen LogP contribution in [0.25, 0.3) is 0 Å². The molecular formula is C14H13F2NO. The van der Waals surface area contributed by atoms with Crippen molar-refractivity contribution in [1.29, 1.82) is 0 Å². The van der Waals surface area contributed by atoms with E-state index in [9.17, 15) is 13.9 Å². The van der Waals surface area contributed by atoms with E-state index in [1.807, 2.05) is 6.92 Å². The third-order valence-electron chi connectivity index (χ3n) is 2.87. The summed E-state index contributed by atoms with van der Waals surface area (Å²) in [6.07, 6.45) is 2.76. The van der Waals surface area contributed by atoms with Crippen LogP contribution < -0.4 is 0 Å². The Morgan fingerprint density at radius 1 is 1.22 bits per heavy atom. The molecule has 2 rings (SSSR count). The Hall–Kier alpha value is -1.81. The third kappa shape index (κ3) is 2.38. The summed E-state index contributed by atoms with van der Waals surface area (Å²) in [5, 5.41) is 10.2. The highest BCUT2D eigenvalue weighted by Gasteiger charge is 2.17. The fourth-order valence-corrected chi connectivity index (χ4v) is 1.89. The molecule has 0 saturated heterocycles. The molecule has 1 atom stereocenters. The quantitative estimate of drug-likeness (QED) is 0.907. The third-order valence-corrected chi connectivity index (χ3v) is 2.87. The van der Waals surface area contributed by atoms with Gasteiger partial charge >= 0.3 is 0 Å². The van der Waals surface area contributed by atoms with Crippen LogP contribution in [0.5, 0.6) is 0 Å². The summed E-state index contributed by atoms with van der Waals surface area (Å²) in [5.41, 5.74) is 1.50. The van der Waals surface area contributed by atoms with E-state index in [1.54, 1.807) is 18.5 Å². The van der Waals surface area contributed by atoms with E-state index in [0.717, 1.165) is 17.7 Å². The van der Waals surface area contributed by atoms with Crippen LogP contribution in [0.15, 0.2) is 36.7 Å². The molecule has 1 aromatic carbocycles. The number of aliphatic hydroxyl groups excluding tert-OH is 1.